The van der Waals surface area contributed by atoms with Gasteiger partial charge in [0.15, 0.2) is 0 Å². The number of benzene rings is 1. The van der Waals surface area contributed by atoms with Gasteiger partial charge in [0, 0.05) is 43.2 Å². The van der Waals surface area contributed by atoms with Crippen molar-refractivity contribution in [2.24, 2.45) is 0 Å². The van der Waals surface area contributed by atoms with E-state index in [-0.39, 0.29) is 11.7 Å². The van der Waals surface area contributed by atoms with Crippen LogP contribution in [-0.2, 0) is 4.79 Å². The summed E-state index contributed by atoms with van der Waals surface area (Å²) in [6.07, 6.45) is 6.59. The van der Waals surface area contributed by atoms with Crippen molar-refractivity contribution in [3.63, 3.8) is 0 Å². The molecule has 6 nitrogen and oxygen atoms in total. The number of carbonyl (C=O) groups excluding carboxylic acids is 1. The molecule has 0 aliphatic heterocycles. The number of nitrogens with zero attached hydrogens (tertiary/aromatic N) is 3. The van der Waals surface area contributed by atoms with Crippen molar-refractivity contribution in [2.45, 2.75) is 6.92 Å². The van der Waals surface area contributed by atoms with Gasteiger partial charge in [-0.25, -0.2) is 14.4 Å². The SMILES string of the molecule is Cc1nc(NCCNC(=O)/C=C/c2ccccc2F)cc(-n2cccc2)n1. The van der Waals surface area contributed by atoms with Crippen LogP contribution in [0.4, 0.5) is 10.2 Å². The Kier molecular flexibility index (Phi) is 5.94. The van der Waals surface area contributed by atoms with Gasteiger partial charge in [0.05, 0.1) is 0 Å². The highest BCUT2D eigenvalue weighted by Crippen LogP contribution is 2.11. The first-order valence-corrected chi connectivity index (χ1v) is 8.55. The Labute approximate surface area is 156 Å². The number of hydrogen-bond acceptors (Lipinski definition) is 4. The lowest BCUT2D eigenvalue weighted by Gasteiger charge is -2.09. The molecule has 0 saturated heterocycles. The van der Waals surface area contributed by atoms with Crippen LogP contribution in [0, 0.1) is 12.7 Å². The van der Waals surface area contributed by atoms with Crippen LogP contribution in [0.2, 0.25) is 0 Å². The van der Waals surface area contributed by atoms with Crippen LogP contribution < -0.4 is 10.6 Å². The van der Waals surface area contributed by atoms with Gasteiger partial charge in [-0.3, -0.25) is 4.79 Å². The molecule has 3 rings (SSSR count). The number of anilines is 1. The van der Waals surface area contributed by atoms with Crippen molar-refractivity contribution in [2.75, 3.05) is 18.4 Å². The third-order valence-electron chi connectivity index (χ3n) is 3.74. The van der Waals surface area contributed by atoms with Crippen LogP contribution >= 0.6 is 0 Å². The molecular weight excluding hydrogens is 345 g/mol. The number of amides is 1. The summed E-state index contributed by atoms with van der Waals surface area (Å²) in [7, 11) is 0. The van der Waals surface area contributed by atoms with Gasteiger partial charge in [-0.2, -0.15) is 0 Å². The number of carbonyl (C=O) groups is 1. The normalized spacial score (nSPS) is 10.9. The maximum absolute atomic E-state index is 13.5. The first-order chi connectivity index (χ1) is 13.1. The summed E-state index contributed by atoms with van der Waals surface area (Å²) in [6.45, 7) is 2.73. The van der Waals surface area contributed by atoms with E-state index in [1.807, 2.05) is 42.1 Å². The molecule has 0 radical (unpaired) electrons. The predicted molar refractivity (Wildman–Crippen MR) is 103 cm³/mol. The zero-order valence-corrected chi connectivity index (χ0v) is 14.9. The lowest BCUT2D eigenvalue weighted by molar-refractivity contribution is -0.116. The first-order valence-electron chi connectivity index (χ1n) is 8.55. The van der Waals surface area contributed by atoms with Crippen molar-refractivity contribution >= 4 is 17.8 Å². The Morgan fingerprint density at radius 1 is 1.15 bits per heavy atom. The van der Waals surface area contributed by atoms with Crippen LogP contribution in [0.1, 0.15) is 11.4 Å². The minimum absolute atomic E-state index is 0.285. The molecule has 1 aromatic carbocycles. The smallest absolute Gasteiger partial charge is 0.244 e. The van der Waals surface area contributed by atoms with Gasteiger partial charge >= 0.3 is 0 Å². The van der Waals surface area contributed by atoms with Gasteiger partial charge in [0.1, 0.15) is 23.3 Å². The summed E-state index contributed by atoms with van der Waals surface area (Å²) in [5, 5.41) is 5.90. The fourth-order valence-electron chi connectivity index (χ4n) is 2.47. The average molecular weight is 365 g/mol. The van der Waals surface area contributed by atoms with E-state index in [4.69, 9.17) is 0 Å². The highest BCUT2D eigenvalue weighted by atomic mass is 19.1. The predicted octanol–water partition coefficient (Wildman–Crippen LogP) is 2.96. The summed E-state index contributed by atoms with van der Waals surface area (Å²) >= 11 is 0. The van der Waals surface area contributed by atoms with E-state index in [1.165, 1.54) is 18.2 Å². The van der Waals surface area contributed by atoms with Crippen LogP contribution in [-0.4, -0.2) is 33.5 Å². The molecule has 27 heavy (non-hydrogen) atoms. The molecule has 0 aliphatic rings. The van der Waals surface area contributed by atoms with E-state index in [1.54, 1.807) is 18.2 Å². The molecule has 0 saturated carbocycles. The summed E-state index contributed by atoms with van der Waals surface area (Å²) in [6, 6.07) is 12.0. The Morgan fingerprint density at radius 2 is 1.93 bits per heavy atom. The molecule has 1 amide bonds. The maximum atomic E-state index is 13.5. The van der Waals surface area contributed by atoms with Gasteiger partial charge in [-0.15, -0.1) is 0 Å². The minimum Gasteiger partial charge on any atom is -0.368 e. The highest BCUT2D eigenvalue weighted by Gasteiger charge is 2.03. The number of rotatable bonds is 7. The molecular formula is C20H20FN5O. The van der Waals surface area contributed by atoms with Crippen LogP contribution in [0.3, 0.4) is 0 Å². The van der Waals surface area contributed by atoms with E-state index in [2.05, 4.69) is 20.6 Å². The Balaban J connectivity index is 1.49. The second kappa shape index (κ2) is 8.75. The number of nitrogens with one attached hydrogen (secondary N) is 2. The molecule has 138 valence electrons. The van der Waals surface area contributed by atoms with E-state index in [9.17, 15) is 9.18 Å². The van der Waals surface area contributed by atoms with E-state index >= 15 is 0 Å². The second-order valence-corrected chi connectivity index (χ2v) is 5.82. The van der Waals surface area contributed by atoms with Gasteiger partial charge in [0.25, 0.3) is 0 Å². The lowest BCUT2D eigenvalue weighted by Crippen LogP contribution is -2.27. The Morgan fingerprint density at radius 3 is 2.70 bits per heavy atom. The van der Waals surface area contributed by atoms with Gasteiger partial charge in [-0.05, 0) is 31.2 Å². The van der Waals surface area contributed by atoms with E-state index in [0.29, 0.717) is 30.3 Å². The maximum Gasteiger partial charge on any atom is 0.244 e. The molecule has 2 heterocycles. The van der Waals surface area contributed by atoms with Gasteiger partial charge < -0.3 is 15.2 Å². The minimum atomic E-state index is -0.360. The molecule has 0 fully saturated rings. The third kappa shape index (κ3) is 5.24. The quantitative estimate of drug-likeness (QED) is 0.499. The molecule has 0 spiro atoms. The summed E-state index contributed by atoms with van der Waals surface area (Å²) < 4.78 is 15.4. The number of aromatic nitrogens is 3. The Hall–Kier alpha value is -3.48. The topological polar surface area (TPSA) is 71.8 Å². The third-order valence-corrected chi connectivity index (χ3v) is 3.74. The molecule has 0 atom stereocenters. The average Bonchev–Trinajstić information content (AvgIpc) is 3.19. The second-order valence-electron chi connectivity index (χ2n) is 5.82. The molecule has 3 aromatic rings. The van der Waals surface area contributed by atoms with Crippen LogP contribution in [0.15, 0.2) is 60.9 Å². The lowest BCUT2D eigenvalue weighted by atomic mass is 10.2. The zero-order chi connectivity index (χ0) is 19.1. The van der Waals surface area contributed by atoms with E-state index in [0.717, 1.165) is 5.82 Å². The largest absolute Gasteiger partial charge is 0.368 e. The van der Waals surface area contributed by atoms with Crippen molar-refractivity contribution in [3.8, 4) is 5.82 Å². The number of aryl methyl sites for hydroxylation is 1. The molecule has 0 bridgehead atoms. The molecule has 0 unspecified atom stereocenters. The van der Waals surface area contributed by atoms with Gasteiger partial charge in [0.2, 0.25) is 5.91 Å². The fraction of sp³-hybridized carbons (Fsp3) is 0.150. The van der Waals surface area contributed by atoms with Crippen molar-refractivity contribution < 1.29 is 9.18 Å². The van der Waals surface area contributed by atoms with E-state index < -0.39 is 0 Å². The summed E-state index contributed by atoms with van der Waals surface area (Å²) in [5.74, 6) is 1.46. The summed E-state index contributed by atoms with van der Waals surface area (Å²) in [4.78, 5) is 20.6. The molecule has 7 heteroatoms. The van der Waals surface area contributed by atoms with Crippen molar-refractivity contribution in [1.82, 2.24) is 19.9 Å². The first kappa shape index (κ1) is 18.3. The molecule has 2 N–H and O–H groups in total. The Bertz CT molecular complexity index is 937. The zero-order valence-electron chi connectivity index (χ0n) is 14.9. The standard InChI is InChI=1S/C20H20FN5O/c1-15-24-18(14-19(25-15)26-12-4-5-13-26)22-10-11-23-20(27)9-8-16-6-2-3-7-17(16)21/h2-9,12-14H,10-11H2,1H3,(H,23,27)(H,22,24,25)/b9-8+. The highest BCUT2D eigenvalue weighted by molar-refractivity contribution is 5.91. The monoisotopic (exact) mass is 365 g/mol. The molecule has 0 aliphatic carbocycles. The summed E-state index contributed by atoms with van der Waals surface area (Å²) in [5.41, 5.74) is 0.375. The number of halogens is 1. The molecule has 2 aromatic heterocycles. The van der Waals surface area contributed by atoms with Crippen molar-refractivity contribution in [1.29, 1.82) is 0 Å². The fourth-order valence-corrected chi connectivity index (χ4v) is 2.47. The van der Waals surface area contributed by atoms with Crippen LogP contribution in [0.5, 0.6) is 0 Å². The van der Waals surface area contributed by atoms with Crippen LogP contribution in [0.25, 0.3) is 11.9 Å². The number of hydrogen-bond donors (Lipinski definition) is 2. The van der Waals surface area contributed by atoms with Gasteiger partial charge in [-0.1, -0.05) is 18.2 Å². The van der Waals surface area contributed by atoms with Crippen molar-refractivity contribution in [3.05, 3.63) is 78.1 Å².